The molecule has 1 aliphatic heterocycles. The first-order valence-corrected chi connectivity index (χ1v) is 14.0. The van der Waals surface area contributed by atoms with Crippen LogP contribution in [0.2, 0.25) is 5.02 Å². The van der Waals surface area contributed by atoms with Gasteiger partial charge >= 0.3 is 23.7 Å². The number of halogens is 1. The number of benzene rings is 4. The van der Waals surface area contributed by atoms with Crippen LogP contribution in [-0.2, 0) is 18.9 Å². The molecule has 0 unspecified atom stereocenters. The molecule has 0 aliphatic carbocycles. The van der Waals surface area contributed by atoms with Gasteiger partial charge < -0.3 is 23.4 Å². The number of oxazole rings is 1. The van der Waals surface area contributed by atoms with E-state index in [4.69, 9.17) is 35.0 Å². The number of rotatable bonds is 7. The highest BCUT2D eigenvalue weighted by Crippen LogP contribution is 2.34. The first-order valence-electron chi connectivity index (χ1n) is 13.6. The summed E-state index contributed by atoms with van der Waals surface area (Å²) in [6, 6.07) is 29.0. The lowest BCUT2D eigenvalue weighted by atomic mass is 10.0. The Balaban J connectivity index is 1.44. The number of carbonyl (C=O) groups excluding carboxylic acids is 3. The maximum absolute atomic E-state index is 13.4. The van der Waals surface area contributed by atoms with Gasteiger partial charge in [-0.2, -0.15) is 0 Å². The molecule has 0 spiro atoms. The van der Waals surface area contributed by atoms with Gasteiger partial charge in [-0.05, 0) is 54.6 Å². The molecule has 1 aliphatic rings. The molecule has 0 radical (unpaired) electrons. The predicted molar refractivity (Wildman–Crippen MR) is 157 cm³/mol. The summed E-state index contributed by atoms with van der Waals surface area (Å²) >= 11 is 6.23. The third-order valence-electron chi connectivity index (χ3n) is 7.00. The molecular weight excluding hydrogens is 590 g/mol. The minimum atomic E-state index is -1.49. The van der Waals surface area contributed by atoms with Gasteiger partial charge in [0.05, 0.1) is 28.8 Å². The van der Waals surface area contributed by atoms with Crippen LogP contribution < -0.4 is 5.76 Å². The minimum absolute atomic E-state index is 0.190. The van der Waals surface area contributed by atoms with Crippen LogP contribution in [0.25, 0.3) is 11.1 Å². The van der Waals surface area contributed by atoms with Crippen LogP contribution in [0.1, 0.15) is 37.3 Å². The van der Waals surface area contributed by atoms with Crippen LogP contribution in [0.4, 0.5) is 0 Å². The Morgan fingerprint density at radius 1 is 0.682 bits per heavy atom. The Morgan fingerprint density at radius 2 is 1.18 bits per heavy atom. The molecule has 0 bridgehead atoms. The average Bonchev–Trinajstić information content (AvgIpc) is 3.38. The third-order valence-corrected chi connectivity index (χ3v) is 7.24. The van der Waals surface area contributed by atoms with Crippen LogP contribution in [0.15, 0.2) is 118 Å². The Bertz CT molecular complexity index is 1850. The quantitative estimate of drug-likeness (QED) is 0.174. The van der Waals surface area contributed by atoms with Crippen molar-refractivity contribution >= 4 is 40.6 Å². The van der Waals surface area contributed by atoms with Gasteiger partial charge in [0.2, 0.25) is 0 Å². The van der Waals surface area contributed by atoms with Crippen molar-refractivity contribution in [2.75, 3.05) is 6.61 Å². The highest BCUT2D eigenvalue weighted by atomic mass is 35.5. The molecule has 1 fully saturated rings. The number of ether oxygens (including phenoxy) is 4. The first-order chi connectivity index (χ1) is 21.4. The summed E-state index contributed by atoms with van der Waals surface area (Å²) in [6.45, 7) is -0.324. The molecule has 2 heterocycles. The second kappa shape index (κ2) is 12.6. The summed E-state index contributed by atoms with van der Waals surface area (Å²) in [7, 11) is 0. The maximum atomic E-state index is 13.4. The highest BCUT2D eigenvalue weighted by Gasteiger charge is 2.49. The monoisotopic (exact) mass is 613 g/mol. The molecule has 1 saturated heterocycles. The zero-order valence-electron chi connectivity index (χ0n) is 22.9. The van der Waals surface area contributed by atoms with Gasteiger partial charge in [-0.3, -0.25) is 0 Å². The Labute approximate surface area is 255 Å². The van der Waals surface area contributed by atoms with Gasteiger partial charge in [0, 0.05) is 5.02 Å². The molecule has 4 atom stereocenters. The van der Waals surface area contributed by atoms with Crippen molar-refractivity contribution in [3.8, 4) is 0 Å². The molecule has 0 amide bonds. The fraction of sp³-hybridized carbons (Fsp3) is 0.152. The van der Waals surface area contributed by atoms with E-state index in [9.17, 15) is 19.2 Å². The standard InChI is InChI=1S/C33H24ClNO9/c34-23-16-17-25-24(18-23)35(33(39)42-25)29-28(44-32(38)22-14-8-3-9-15-22)27(43-31(37)21-12-6-2-7-13-21)26(19-40-29)41-30(36)20-10-4-1-5-11-20/h1-18,26-29H,19H2/t26-,27-,28-,29+/m1/s1. The van der Waals surface area contributed by atoms with Gasteiger partial charge in [0.15, 0.2) is 30.1 Å². The first kappa shape index (κ1) is 28.9. The Kier molecular flexibility index (Phi) is 8.27. The number of hydrogen-bond donors (Lipinski definition) is 0. The van der Waals surface area contributed by atoms with Crippen molar-refractivity contribution in [1.82, 2.24) is 4.57 Å². The number of nitrogens with zero attached hydrogens (tertiary/aromatic N) is 1. The predicted octanol–water partition coefficient (Wildman–Crippen LogP) is 5.45. The van der Waals surface area contributed by atoms with Gasteiger partial charge in [-0.25, -0.2) is 23.7 Å². The molecule has 44 heavy (non-hydrogen) atoms. The van der Waals surface area contributed by atoms with Gasteiger partial charge in [0.1, 0.15) is 0 Å². The topological polar surface area (TPSA) is 123 Å². The normalized spacial score (nSPS) is 19.7. The van der Waals surface area contributed by atoms with E-state index in [-0.39, 0.29) is 34.4 Å². The molecule has 0 N–H and O–H groups in total. The van der Waals surface area contributed by atoms with E-state index in [0.29, 0.717) is 5.02 Å². The van der Waals surface area contributed by atoms with Crippen molar-refractivity contribution < 1.29 is 37.7 Å². The molecule has 11 heteroatoms. The van der Waals surface area contributed by atoms with Crippen molar-refractivity contribution in [3.63, 3.8) is 0 Å². The van der Waals surface area contributed by atoms with E-state index in [0.717, 1.165) is 4.57 Å². The molecule has 4 aromatic carbocycles. The van der Waals surface area contributed by atoms with E-state index < -0.39 is 48.2 Å². The fourth-order valence-electron chi connectivity index (χ4n) is 4.91. The van der Waals surface area contributed by atoms with Crippen LogP contribution in [0.5, 0.6) is 0 Å². The largest absolute Gasteiger partial charge is 0.452 e. The molecule has 0 saturated carbocycles. The fourth-order valence-corrected chi connectivity index (χ4v) is 5.07. The molecule has 6 rings (SSSR count). The minimum Gasteiger partial charge on any atom is -0.452 e. The Morgan fingerprint density at radius 3 is 1.73 bits per heavy atom. The van der Waals surface area contributed by atoms with Crippen LogP contribution in [-0.4, -0.2) is 47.4 Å². The van der Waals surface area contributed by atoms with Crippen LogP contribution >= 0.6 is 11.6 Å². The summed E-state index contributed by atoms with van der Waals surface area (Å²) in [4.78, 5) is 53.1. The highest BCUT2D eigenvalue weighted by molar-refractivity contribution is 6.31. The lowest BCUT2D eigenvalue weighted by Crippen LogP contribution is -2.56. The van der Waals surface area contributed by atoms with E-state index in [2.05, 4.69) is 0 Å². The molecular formula is C33H24ClNO9. The van der Waals surface area contributed by atoms with Crippen LogP contribution in [0.3, 0.4) is 0 Å². The van der Waals surface area contributed by atoms with E-state index in [1.54, 1.807) is 84.9 Å². The van der Waals surface area contributed by atoms with E-state index >= 15 is 0 Å². The molecule has 1 aromatic heterocycles. The SMILES string of the molecule is O=C(O[C@@H]1[C@H](OC(=O)c2ccccc2)[C@H](OC(=O)c2ccccc2)CO[C@@H]1n1c(=O)oc2ccc(Cl)cc21)c1ccccc1. The van der Waals surface area contributed by atoms with Crippen molar-refractivity contribution in [3.05, 3.63) is 141 Å². The smallest absolute Gasteiger partial charge is 0.422 e. The van der Waals surface area contributed by atoms with Crippen molar-refractivity contribution in [2.24, 2.45) is 0 Å². The zero-order valence-corrected chi connectivity index (χ0v) is 23.7. The summed E-state index contributed by atoms with van der Waals surface area (Å²) in [5, 5.41) is 0.308. The van der Waals surface area contributed by atoms with Gasteiger partial charge in [0.25, 0.3) is 0 Å². The second-order valence-corrected chi connectivity index (χ2v) is 10.3. The second-order valence-electron chi connectivity index (χ2n) is 9.86. The number of hydrogen-bond acceptors (Lipinski definition) is 9. The molecule has 5 aromatic rings. The number of carbonyl (C=O) groups is 3. The third kappa shape index (κ3) is 5.98. The number of fused-ring (bicyclic) bond motifs is 1. The summed E-state index contributed by atoms with van der Waals surface area (Å²) in [6.07, 6.45) is -5.51. The molecule has 222 valence electrons. The summed E-state index contributed by atoms with van der Waals surface area (Å²) in [5.74, 6) is -3.12. The van der Waals surface area contributed by atoms with Gasteiger partial charge in [-0.15, -0.1) is 0 Å². The molecule has 10 nitrogen and oxygen atoms in total. The van der Waals surface area contributed by atoms with Crippen molar-refractivity contribution in [1.29, 1.82) is 0 Å². The van der Waals surface area contributed by atoms with E-state index in [1.807, 2.05) is 0 Å². The number of esters is 3. The average molecular weight is 614 g/mol. The van der Waals surface area contributed by atoms with Crippen molar-refractivity contribution in [2.45, 2.75) is 24.5 Å². The summed E-state index contributed by atoms with van der Waals surface area (Å²) in [5.41, 5.74) is 1.09. The lowest BCUT2D eigenvalue weighted by Gasteiger charge is -2.40. The Hall–Kier alpha value is -5.19. The maximum Gasteiger partial charge on any atom is 0.422 e. The summed E-state index contributed by atoms with van der Waals surface area (Å²) < 4.78 is 30.3. The van der Waals surface area contributed by atoms with E-state index in [1.165, 1.54) is 24.3 Å². The zero-order chi connectivity index (χ0) is 30.6. The number of aromatic nitrogens is 1. The van der Waals surface area contributed by atoms with Crippen LogP contribution in [0, 0.1) is 0 Å². The lowest BCUT2D eigenvalue weighted by molar-refractivity contribution is -0.212. The van der Waals surface area contributed by atoms with Gasteiger partial charge in [-0.1, -0.05) is 66.2 Å².